The molecule has 4 rings (SSSR count). The molecule has 0 aromatic carbocycles. The van der Waals surface area contributed by atoms with Crippen molar-refractivity contribution in [3.63, 3.8) is 0 Å². The summed E-state index contributed by atoms with van der Waals surface area (Å²) in [6, 6.07) is 0.255. The van der Waals surface area contributed by atoms with Crippen LogP contribution in [0.25, 0.3) is 0 Å². The summed E-state index contributed by atoms with van der Waals surface area (Å²) in [4.78, 5) is 11.3. The molecule has 1 fully saturated rings. The van der Waals surface area contributed by atoms with E-state index in [1.54, 1.807) is 18.0 Å². The Balaban J connectivity index is 1.43. The maximum atomic E-state index is 5.95. The summed E-state index contributed by atoms with van der Waals surface area (Å²) in [5.74, 6) is 0.995. The van der Waals surface area contributed by atoms with Crippen LogP contribution in [0.15, 0.2) is 23.7 Å². The van der Waals surface area contributed by atoms with E-state index in [9.17, 15) is 0 Å². The Labute approximate surface area is 139 Å². The minimum atomic E-state index is 0.250. The average Bonchev–Trinajstić information content (AvgIpc) is 3.06. The van der Waals surface area contributed by atoms with Crippen molar-refractivity contribution in [2.24, 2.45) is 0 Å². The number of hydrogen-bond acceptors (Lipinski definition) is 7. The Hall–Kier alpha value is -1.51. The van der Waals surface area contributed by atoms with Gasteiger partial charge in [-0.25, -0.2) is 14.6 Å². The molecule has 0 N–H and O–H groups in total. The van der Waals surface area contributed by atoms with Crippen LogP contribution in [0, 0.1) is 0 Å². The lowest BCUT2D eigenvalue weighted by atomic mass is 10.00. The van der Waals surface area contributed by atoms with Gasteiger partial charge in [0.1, 0.15) is 0 Å². The van der Waals surface area contributed by atoms with Crippen LogP contribution in [-0.4, -0.2) is 54.8 Å². The minimum Gasteiger partial charge on any atom is -0.370 e. The summed E-state index contributed by atoms with van der Waals surface area (Å²) in [6.45, 7) is 5.54. The lowest BCUT2D eigenvalue weighted by Gasteiger charge is -2.40. The van der Waals surface area contributed by atoms with E-state index in [1.807, 2.05) is 17.1 Å². The maximum Gasteiger partial charge on any atom is 0.187 e. The predicted molar refractivity (Wildman–Crippen MR) is 86.0 cm³/mol. The maximum absolute atomic E-state index is 5.95. The van der Waals surface area contributed by atoms with Crippen molar-refractivity contribution in [3.8, 4) is 0 Å². The van der Waals surface area contributed by atoms with Gasteiger partial charge >= 0.3 is 0 Å². The van der Waals surface area contributed by atoms with Gasteiger partial charge in [-0.1, -0.05) is 23.9 Å². The fourth-order valence-corrected chi connectivity index (χ4v) is 3.79. The van der Waals surface area contributed by atoms with Gasteiger partial charge < -0.3 is 4.74 Å². The number of hydrogen-bond donors (Lipinski definition) is 0. The summed E-state index contributed by atoms with van der Waals surface area (Å²) in [7, 11) is 0. The predicted octanol–water partition coefficient (Wildman–Crippen LogP) is 1.53. The highest BCUT2D eigenvalue weighted by Crippen LogP contribution is 2.30. The highest BCUT2D eigenvalue weighted by molar-refractivity contribution is 7.99. The third-order valence-electron chi connectivity index (χ3n) is 4.37. The second-order valence-corrected chi connectivity index (χ2v) is 7.15. The molecule has 0 spiro atoms. The van der Waals surface area contributed by atoms with Gasteiger partial charge in [-0.05, 0) is 12.2 Å². The highest BCUT2D eigenvalue weighted by Gasteiger charge is 2.36. The van der Waals surface area contributed by atoms with E-state index in [2.05, 4.69) is 32.1 Å². The van der Waals surface area contributed by atoms with Crippen LogP contribution in [0.1, 0.15) is 30.6 Å². The van der Waals surface area contributed by atoms with Gasteiger partial charge in [-0.2, -0.15) is 0 Å². The number of likely N-dealkylation sites (tertiary alicyclic amines) is 1. The van der Waals surface area contributed by atoms with Crippen LogP contribution in [0.5, 0.6) is 0 Å². The van der Waals surface area contributed by atoms with Crippen molar-refractivity contribution in [2.45, 2.75) is 43.8 Å². The monoisotopic (exact) mass is 332 g/mol. The first-order valence-corrected chi connectivity index (χ1v) is 8.99. The van der Waals surface area contributed by atoms with E-state index in [4.69, 9.17) is 4.74 Å². The lowest BCUT2D eigenvalue weighted by Crippen LogP contribution is -2.47. The van der Waals surface area contributed by atoms with Crippen molar-refractivity contribution in [3.05, 3.63) is 29.8 Å². The standard InChI is InChI=1S/C15H20N6OS/c1-2-23-15-16-5-11(6-17-15)8-20-4-3-14-13(9-20)21-12(10-22-14)7-18-19-21/h5-7,13-14H,2-4,8-10H2,1H3. The Kier molecular flexibility index (Phi) is 4.28. The van der Waals surface area contributed by atoms with Gasteiger partial charge in [0.25, 0.3) is 0 Å². The molecule has 122 valence electrons. The topological polar surface area (TPSA) is 69.0 Å². The second-order valence-electron chi connectivity index (χ2n) is 5.92. The summed E-state index contributed by atoms with van der Waals surface area (Å²) >= 11 is 1.67. The molecule has 23 heavy (non-hydrogen) atoms. The number of ether oxygens (including phenoxy) is 1. The van der Waals surface area contributed by atoms with Crippen LogP contribution < -0.4 is 0 Å². The largest absolute Gasteiger partial charge is 0.370 e. The van der Waals surface area contributed by atoms with E-state index < -0.39 is 0 Å². The summed E-state index contributed by atoms with van der Waals surface area (Å²) < 4.78 is 7.99. The molecule has 4 heterocycles. The number of nitrogens with zero attached hydrogens (tertiary/aromatic N) is 6. The van der Waals surface area contributed by atoms with Gasteiger partial charge in [0.2, 0.25) is 0 Å². The average molecular weight is 332 g/mol. The first-order chi connectivity index (χ1) is 11.3. The fraction of sp³-hybridized carbons (Fsp3) is 0.600. The Morgan fingerprint density at radius 1 is 1.30 bits per heavy atom. The molecule has 0 aliphatic carbocycles. The van der Waals surface area contributed by atoms with E-state index in [0.717, 1.165) is 48.2 Å². The zero-order valence-electron chi connectivity index (χ0n) is 13.1. The number of fused-ring (bicyclic) bond motifs is 3. The van der Waals surface area contributed by atoms with Gasteiger partial charge in [0.05, 0.1) is 30.6 Å². The van der Waals surface area contributed by atoms with Crippen LogP contribution in [0.4, 0.5) is 0 Å². The molecule has 8 heteroatoms. The van der Waals surface area contributed by atoms with Gasteiger partial charge in [0, 0.05) is 37.6 Å². The van der Waals surface area contributed by atoms with Crippen molar-refractivity contribution in [2.75, 3.05) is 18.8 Å². The minimum absolute atomic E-state index is 0.250. The summed E-state index contributed by atoms with van der Waals surface area (Å²) in [5, 5.41) is 9.12. The molecule has 7 nitrogen and oxygen atoms in total. The number of thioether (sulfide) groups is 1. The van der Waals surface area contributed by atoms with E-state index >= 15 is 0 Å². The molecule has 2 aromatic heterocycles. The van der Waals surface area contributed by atoms with E-state index in [0.29, 0.717) is 6.61 Å². The number of rotatable bonds is 4. The molecule has 2 aliphatic rings. The highest BCUT2D eigenvalue weighted by atomic mass is 32.2. The fourth-order valence-electron chi connectivity index (χ4n) is 3.27. The molecule has 2 aromatic rings. The zero-order valence-corrected chi connectivity index (χ0v) is 13.9. The smallest absolute Gasteiger partial charge is 0.187 e. The van der Waals surface area contributed by atoms with Gasteiger partial charge in [-0.15, -0.1) is 5.10 Å². The van der Waals surface area contributed by atoms with Gasteiger partial charge in [0.15, 0.2) is 5.16 Å². The van der Waals surface area contributed by atoms with Crippen LogP contribution >= 0.6 is 11.8 Å². The molecule has 0 amide bonds. The lowest BCUT2D eigenvalue weighted by molar-refractivity contribution is -0.0670. The molecule has 2 aliphatic heterocycles. The molecular formula is C15H20N6OS. The van der Waals surface area contributed by atoms with Crippen molar-refractivity contribution in [1.82, 2.24) is 29.9 Å². The van der Waals surface area contributed by atoms with Crippen LogP contribution in [-0.2, 0) is 17.9 Å². The third-order valence-corrected chi connectivity index (χ3v) is 5.13. The van der Waals surface area contributed by atoms with Crippen molar-refractivity contribution >= 4 is 11.8 Å². The molecule has 2 unspecified atom stereocenters. The second kappa shape index (κ2) is 6.54. The number of piperidine rings is 1. The number of aromatic nitrogens is 5. The SMILES string of the molecule is CCSc1ncc(CN2CCC3OCc4cnnn4C3C2)cn1. The van der Waals surface area contributed by atoms with Crippen LogP contribution in [0.3, 0.4) is 0 Å². The summed E-state index contributed by atoms with van der Waals surface area (Å²) in [6.07, 6.45) is 6.95. The molecule has 1 saturated heterocycles. The molecule has 0 bridgehead atoms. The molecule has 0 saturated carbocycles. The van der Waals surface area contributed by atoms with Crippen molar-refractivity contribution < 1.29 is 4.74 Å². The van der Waals surface area contributed by atoms with Gasteiger partial charge in [-0.3, -0.25) is 4.90 Å². The molecular weight excluding hydrogens is 312 g/mol. The zero-order chi connectivity index (χ0) is 15.6. The van der Waals surface area contributed by atoms with E-state index in [1.165, 1.54) is 0 Å². The third kappa shape index (κ3) is 3.11. The Morgan fingerprint density at radius 3 is 3.00 bits per heavy atom. The first kappa shape index (κ1) is 15.0. The Bertz CT molecular complexity index is 660. The molecule has 0 radical (unpaired) electrons. The Morgan fingerprint density at radius 2 is 2.17 bits per heavy atom. The van der Waals surface area contributed by atoms with Crippen molar-refractivity contribution in [1.29, 1.82) is 0 Å². The summed E-state index contributed by atoms with van der Waals surface area (Å²) in [5.41, 5.74) is 2.22. The quantitative estimate of drug-likeness (QED) is 0.621. The normalized spacial score (nSPS) is 24.2. The van der Waals surface area contributed by atoms with Crippen LogP contribution in [0.2, 0.25) is 0 Å². The first-order valence-electron chi connectivity index (χ1n) is 8.00. The molecule has 2 atom stereocenters. The van der Waals surface area contributed by atoms with E-state index in [-0.39, 0.29) is 12.1 Å².